The molecule has 162 valence electrons. The maximum Gasteiger partial charge on any atom is 0.317 e. The number of hydrogen-bond donors (Lipinski definition) is 1. The van der Waals surface area contributed by atoms with Gasteiger partial charge < -0.3 is 15.0 Å². The standard InChI is InChI=1S/C17H26N4O6S2/c22-17(18-6-15-28(23,24)20-11-13-27-14-12-20)19-7-9-21(10-8-19)29(25,26)16-4-2-1-3-5-16/h1-5H,6-15H2,(H,18,22). The zero-order chi connectivity index (χ0) is 20.9. The molecule has 2 heterocycles. The Labute approximate surface area is 171 Å². The summed E-state index contributed by atoms with van der Waals surface area (Å²) in [5.41, 5.74) is 0. The highest BCUT2D eigenvalue weighted by atomic mass is 32.2. The van der Waals surface area contributed by atoms with Crippen LogP contribution in [-0.4, -0.2) is 101 Å². The molecule has 2 amide bonds. The van der Waals surface area contributed by atoms with Gasteiger partial charge in [0.2, 0.25) is 20.0 Å². The Bertz CT molecular complexity index is 893. The summed E-state index contributed by atoms with van der Waals surface area (Å²) in [6.45, 7) is 2.28. The second-order valence-electron chi connectivity index (χ2n) is 6.76. The predicted molar refractivity (Wildman–Crippen MR) is 106 cm³/mol. The normalized spacial score (nSPS) is 19.8. The highest BCUT2D eigenvalue weighted by Gasteiger charge is 2.30. The Morgan fingerprint density at radius 2 is 1.52 bits per heavy atom. The number of nitrogens with zero attached hydrogens (tertiary/aromatic N) is 3. The van der Waals surface area contributed by atoms with E-state index in [4.69, 9.17) is 4.74 Å². The summed E-state index contributed by atoms with van der Waals surface area (Å²) in [6, 6.07) is 7.79. The summed E-state index contributed by atoms with van der Waals surface area (Å²) in [7, 11) is -7.02. The molecule has 0 saturated carbocycles. The van der Waals surface area contributed by atoms with Crippen LogP contribution in [0.4, 0.5) is 4.79 Å². The van der Waals surface area contributed by atoms with E-state index in [1.165, 1.54) is 13.5 Å². The van der Waals surface area contributed by atoms with E-state index in [0.29, 0.717) is 26.3 Å². The number of ether oxygens (including phenoxy) is 1. The van der Waals surface area contributed by atoms with Crippen molar-refractivity contribution in [1.82, 2.24) is 18.8 Å². The molecule has 29 heavy (non-hydrogen) atoms. The van der Waals surface area contributed by atoms with Crippen LogP contribution in [0.5, 0.6) is 0 Å². The molecule has 0 unspecified atom stereocenters. The molecule has 1 aromatic carbocycles. The van der Waals surface area contributed by atoms with Crippen LogP contribution >= 0.6 is 0 Å². The van der Waals surface area contributed by atoms with Gasteiger partial charge in [-0.2, -0.15) is 8.61 Å². The second kappa shape index (κ2) is 9.39. The van der Waals surface area contributed by atoms with E-state index in [9.17, 15) is 21.6 Å². The molecule has 1 aromatic rings. The van der Waals surface area contributed by atoms with Gasteiger partial charge in [-0.25, -0.2) is 21.6 Å². The van der Waals surface area contributed by atoms with Crippen LogP contribution in [0.25, 0.3) is 0 Å². The lowest BCUT2D eigenvalue weighted by atomic mass is 10.4. The highest BCUT2D eigenvalue weighted by molar-refractivity contribution is 7.89. The molecule has 0 bridgehead atoms. The number of amides is 2. The number of carbonyl (C=O) groups excluding carboxylic acids is 1. The van der Waals surface area contributed by atoms with E-state index in [0.717, 1.165) is 0 Å². The maximum absolute atomic E-state index is 12.6. The molecule has 0 atom stereocenters. The largest absolute Gasteiger partial charge is 0.379 e. The van der Waals surface area contributed by atoms with E-state index < -0.39 is 20.0 Å². The molecule has 2 saturated heterocycles. The van der Waals surface area contributed by atoms with Crippen molar-refractivity contribution in [3.63, 3.8) is 0 Å². The van der Waals surface area contributed by atoms with Crippen LogP contribution in [0.15, 0.2) is 35.2 Å². The Morgan fingerprint density at radius 3 is 2.14 bits per heavy atom. The van der Waals surface area contributed by atoms with Gasteiger partial charge in [-0.05, 0) is 12.1 Å². The van der Waals surface area contributed by atoms with Crippen LogP contribution in [0.3, 0.4) is 0 Å². The fraction of sp³-hybridized carbons (Fsp3) is 0.588. The Morgan fingerprint density at radius 1 is 0.897 bits per heavy atom. The Hall–Kier alpha value is -1.73. The van der Waals surface area contributed by atoms with Crippen LogP contribution in [0.1, 0.15) is 0 Å². The first-order valence-electron chi connectivity index (χ1n) is 9.44. The van der Waals surface area contributed by atoms with Gasteiger partial charge in [0.05, 0.1) is 23.9 Å². The molecule has 12 heteroatoms. The van der Waals surface area contributed by atoms with Crippen LogP contribution in [-0.2, 0) is 24.8 Å². The lowest BCUT2D eigenvalue weighted by Gasteiger charge is -2.34. The molecule has 2 aliphatic rings. The molecule has 1 N–H and O–H groups in total. The van der Waals surface area contributed by atoms with Crippen LogP contribution < -0.4 is 5.32 Å². The molecule has 3 rings (SSSR count). The lowest BCUT2D eigenvalue weighted by molar-refractivity contribution is 0.0730. The van der Waals surface area contributed by atoms with E-state index in [2.05, 4.69) is 5.32 Å². The van der Waals surface area contributed by atoms with Crippen molar-refractivity contribution in [2.45, 2.75) is 4.90 Å². The molecule has 0 aliphatic carbocycles. The van der Waals surface area contributed by atoms with E-state index >= 15 is 0 Å². The van der Waals surface area contributed by atoms with E-state index in [-0.39, 0.29) is 49.4 Å². The van der Waals surface area contributed by atoms with Gasteiger partial charge in [0.25, 0.3) is 0 Å². The minimum absolute atomic E-state index is 0.00104. The lowest BCUT2D eigenvalue weighted by Crippen LogP contribution is -2.53. The Balaban J connectivity index is 1.45. The van der Waals surface area contributed by atoms with Crippen LogP contribution in [0.2, 0.25) is 0 Å². The number of hydrogen-bond acceptors (Lipinski definition) is 6. The van der Waals surface area contributed by atoms with Gasteiger partial charge in [0, 0.05) is 45.8 Å². The summed E-state index contributed by atoms with van der Waals surface area (Å²) >= 11 is 0. The average Bonchev–Trinajstić information content (AvgIpc) is 2.75. The topological polar surface area (TPSA) is 116 Å². The second-order valence-corrected chi connectivity index (χ2v) is 10.8. The van der Waals surface area contributed by atoms with Crippen molar-refractivity contribution in [1.29, 1.82) is 0 Å². The third-order valence-electron chi connectivity index (χ3n) is 4.91. The maximum atomic E-state index is 12.6. The van der Waals surface area contributed by atoms with E-state index in [1.807, 2.05) is 0 Å². The van der Waals surface area contributed by atoms with Gasteiger partial charge in [-0.15, -0.1) is 0 Å². The number of rotatable bonds is 6. The van der Waals surface area contributed by atoms with Crippen molar-refractivity contribution >= 4 is 26.1 Å². The van der Waals surface area contributed by atoms with Gasteiger partial charge in [0.1, 0.15) is 0 Å². The summed E-state index contributed by atoms with van der Waals surface area (Å²) in [5.74, 6) is -0.179. The third-order valence-corrected chi connectivity index (χ3v) is 8.69. The number of urea groups is 1. The van der Waals surface area contributed by atoms with Gasteiger partial charge in [0.15, 0.2) is 0 Å². The summed E-state index contributed by atoms with van der Waals surface area (Å²) in [6.07, 6.45) is 0. The van der Waals surface area contributed by atoms with Crippen molar-refractivity contribution in [3.05, 3.63) is 30.3 Å². The third kappa shape index (κ3) is 5.45. The Kier molecular flexibility index (Phi) is 7.11. The highest BCUT2D eigenvalue weighted by Crippen LogP contribution is 2.17. The number of nitrogens with one attached hydrogen (secondary N) is 1. The molecular weight excluding hydrogens is 420 g/mol. The van der Waals surface area contributed by atoms with E-state index in [1.54, 1.807) is 30.3 Å². The summed E-state index contributed by atoms with van der Waals surface area (Å²) in [5, 5.41) is 2.61. The quantitative estimate of drug-likeness (QED) is 0.622. The molecule has 0 spiro atoms. The van der Waals surface area contributed by atoms with Gasteiger partial charge in [-0.1, -0.05) is 18.2 Å². The van der Waals surface area contributed by atoms with Crippen molar-refractivity contribution in [3.8, 4) is 0 Å². The number of sulfonamides is 2. The van der Waals surface area contributed by atoms with Crippen molar-refractivity contribution < 1.29 is 26.4 Å². The molecule has 0 radical (unpaired) electrons. The SMILES string of the molecule is O=C(NCCS(=O)(=O)N1CCOCC1)N1CCN(S(=O)(=O)c2ccccc2)CC1. The minimum Gasteiger partial charge on any atom is -0.379 e. The van der Waals surface area contributed by atoms with Gasteiger partial charge >= 0.3 is 6.03 Å². The molecule has 10 nitrogen and oxygen atoms in total. The molecule has 0 aromatic heterocycles. The number of carbonyl (C=O) groups is 1. The fourth-order valence-electron chi connectivity index (χ4n) is 3.23. The summed E-state index contributed by atoms with van der Waals surface area (Å²) < 4.78 is 57.6. The first-order valence-corrected chi connectivity index (χ1v) is 12.5. The summed E-state index contributed by atoms with van der Waals surface area (Å²) in [4.78, 5) is 14.0. The van der Waals surface area contributed by atoms with Crippen molar-refractivity contribution in [2.75, 3.05) is 64.8 Å². The minimum atomic E-state index is -3.58. The molecular formula is C17H26N4O6S2. The first-order chi connectivity index (χ1) is 13.8. The van der Waals surface area contributed by atoms with Crippen LogP contribution in [0, 0.1) is 0 Å². The monoisotopic (exact) mass is 446 g/mol. The fourth-order valence-corrected chi connectivity index (χ4v) is 5.99. The number of piperazine rings is 1. The molecule has 2 aliphatic heterocycles. The zero-order valence-electron chi connectivity index (χ0n) is 16.1. The smallest absolute Gasteiger partial charge is 0.317 e. The zero-order valence-corrected chi connectivity index (χ0v) is 17.7. The first kappa shape index (κ1) is 22.0. The van der Waals surface area contributed by atoms with Gasteiger partial charge in [-0.3, -0.25) is 0 Å². The predicted octanol–water partition coefficient (Wildman–Crippen LogP) is -0.635. The molecule has 2 fully saturated rings. The average molecular weight is 447 g/mol. The number of benzene rings is 1. The number of morpholine rings is 1. The van der Waals surface area contributed by atoms with Crippen molar-refractivity contribution in [2.24, 2.45) is 0 Å².